The summed E-state index contributed by atoms with van der Waals surface area (Å²) >= 11 is 5.99. The Labute approximate surface area is 136 Å². The number of amides is 1. The van der Waals surface area contributed by atoms with Crippen molar-refractivity contribution < 1.29 is 23.6 Å². The number of aliphatic carboxylic acids is 1. The fourth-order valence-corrected chi connectivity index (χ4v) is 2.40. The molecule has 1 aromatic carbocycles. The van der Waals surface area contributed by atoms with Gasteiger partial charge in [-0.15, -0.1) is 0 Å². The quantitative estimate of drug-likeness (QED) is 0.872. The van der Waals surface area contributed by atoms with Crippen molar-refractivity contribution in [2.24, 2.45) is 0 Å². The Balaban J connectivity index is 2.39. The van der Waals surface area contributed by atoms with Crippen LogP contribution in [-0.4, -0.2) is 28.2 Å². The van der Waals surface area contributed by atoms with Gasteiger partial charge in [0.25, 0.3) is 5.91 Å². The number of carboxylic acid groups (broad SMARTS) is 1. The Morgan fingerprint density at radius 3 is 2.78 bits per heavy atom. The number of aryl methyl sites for hydroxylation is 1. The molecule has 0 fully saturated rings. The van der Waals surface area contributed by atoms with Crippen molar-refractivity contribution >= 4 is 23.5 Å². The SMILES string of the molecule is Cc1onc(-c2c(F)cccc2Cl)c1C(=O)NC(C)CC(=O)O. The third-order valence-corrected chi connectivity index (χ3v) is 3.46. The largest absolute Gasteiger partial charge is 0.481 e. The molecule has 1 unspecified atom stereocenters. The Hall–Kier alpha value is -2.41. The second-order valence-electron chi connectivity index (χ2n) is 5.03. The van der Waals surface area contributed by atoms with Gasteiger partial charge in [-0.25, -0.2) is 4.39 Å². The van der Waals surface area contributed by atoms with Crippen LogP contribution in [0.4, 0.5) is 4.39 Å². The van der Waals surface area contributed by atoms with Crippen molar-refractivity contribution in [1.82, 2.24) is 10.5 Å². The Morgan fingerprint density at radius 1 is 1.48 bits per heavy atom. The van der Waals surface area contributed by atoms with Gasteiger partial charge < -0.3 is 14.9 Å². The lowest BCUT2D eigenvalue weighted by molar-refractivity contribution is -0.137. The molecular formula is C15H14ClFN2O4. The summed E-state index contributed by atoms with van der Waals surface area (Å²) in [5, 5.41) is 15.1. The maximum absolute atomic E-state index is 14.0. The van der Waals surface area contributed by atoms with Gasteiger partial charge in [-0.05, 0) is 26.0 Å². The molecule has 2 rings (SSSR count). The fourth-order valence-electron chi connectivity index (χ4n) is 2.14. The average Bonchev–Trinajstić information content (AvgIpc) is 2.79. The number of rotatable bonds is 5. The molecule has 23 heavy (non-hydrogen) atoms. The smallest absolute Gasteiger partial charge is 0.305 e. The number of benzene rings is 1. The average molecular weight is 341 g/mol. The van der Waals surface area contributed by atoms with Crippen molar-refractivity contribution in [3.05, 3.63) is 40.4 Å². The van der Waals surface area contributed by atoms with E-state index in [-0.39, 0.29) is 34.0 Å². The van der Waals surface area contributed by atoms with E-state index in [1.54, 1.807) is 6.92 Å². The van der Waals surface area contributed by atoms with Crippen molar-refractivity contribution in [3.63, 3.8) is 0 Å². The zero-order valence-corrected chi connectivity index (χ0v) is 13.1. The molecule has 1 heterocycles. The lowest BCUT2D eigenvalue weighted by atomic mass is 10.0. The third kappa shape index (κ3) is 3.68. The van der Waals surface area contributed by atoms with Gasteiger partial charge in [0.1, 0.15) is 22.8 Å². The summed E-state index contributed by atoms with van der Waals surface area (Å²) in [5.74, 6) is -2.11. The highest BCUT2D eigenvalue weighted by molar-refractivity contribution is 6.33. The highest BCUT2D eigenvalue weighted by Crippen LogP contribution is 2.33. The van der Waals surface area contributed by atoms with Crippen molar-refractivity contribution in [2.45, 2.75) is 26.3 Å². The van der Waals surface area contributed by atoms with Gasteiger partial charge >= 0.3 is 5.97 Å². The fraction of sp³-hybridized carbons (Fsp3) is 0.267. The molecule has 0 spiro atoms. The second-order valence-corrected chi connectivity index (χ2v) is 5.44. The topological polar surface area (TPSA) is 92.4 Å². The Kier molecular flexibility index (Phi) is 5.00. The van der Waals surface area contributed by atoms with E-state index in [2.05, 4.69) is 10.5 Å². The number of carbonyl (C=O) groups is 2. The number of carboxylic acids is 1. The molecule has 1 aromatic heterocycles. The van der Waals surface area contributed by atoms with E-state index in [9.17, 15) is 14.0 Å². The van der Waals surface area contributed by atoms with Gasteiger partial charge in [-0.3, -0.25) is 9.59 Å². The molecule has 8 heteroatoms. The standard InChI is InChI=1S/C15H14ClFN2O4/c1-7(6-11(20)21)18-15(22)12-8(2)23-19-14(12)13-9(16)4-3-5-10(13)17/h3-5,7H,6H2,1-2H3,(H,18,22)(H,20,21). The minimum atomic E-state index is -1.04. The predicted octanol–water partition coefficient (Wildman–Crippen LogP) is 3.04. The van der Waals surface area contributed by atoms with Crippen molar-refractivity contribution in [3.8, 4) is 11.3 Å². The molecule has 0 saturated heterocycles. The number of aromatic nitrogens is 1. The Bertz CT molecular complexity index is 740. The maximum Gasteiger partial charge on any atom is 0.305 e. The van der Waals surface area contributed by atoms with Crippen LogP contribution in [0.3, 0.4) is 0 Å². The van der Waals surface area contributed by atoms with Gasteiger partial charge in [-0.1, -0.05) is 22.8 Å². The summed E-state index contributed by atoms with van der Waals surface area (Å²) < 4.78 is 19.0. The van der Waals surface area contributed by atoms with Gasteiger partial charge in [0.2, 0.25) is 0 Å². The van der Waals surface area contributed by atoms with Crippen LogP contribution < -0.4 is 5.32 Å². The molecule has 0 radical (unpaired) electrons. The highest BCUT2D eigenvalue weighted by atomic mass is 35.5. The van der Waals surface area contributed by atoms with Crippen molar-refractivity contribution in [2.75, 3.05) is 0 Å². The monoisotopic (exact) mass is 340 g/mol. The molecule has 0 saturated carbocycles. The molecule has 1 amide bonds. The van der Waals surface area contributed by atoms with Crippen LogP contribution >= 0.6 is 11.6 Å². The molecule has 0 aliphatic rings. The van der Waals surface area contributed by atoms with E-state index in [0.29, 0.717) is 0 Å². The van der Waals surface area contributed by atoms with E-state index in [1.165, 1.54) is 25.1 Å². The highest BCUT2D eigenvalue weighted by Gasteiger charge is 2.26. The first-order valence-corrected chi connectivity index (χ1v) is 7.12. The summed E-state index contributed by atoms with van der Waals surface area (Å²) in [6.45, 7) is 3.05. The number of nitrogens with one attached hydrogen (secondary N) is 1. The van der Waals surface area contributed by atoms with Crippen molar-refractivity contribution in [1.29, 1.82) is 0 Å². The van der Waals surface area contributed by atoms with Crippen LogP contribution in [0.1, 0.15) is 29.5 Å². The van der Waals surface area contributed by atoms with Crippen LogP contribution in [0.15, 0.2) is 22.7 Å². The summed E-state index contributed by atoms with van der Waals surface area (Å²) in [6.07, 6.45) is -0.244. The van der Waals surface area contributed by atoms with Crippen LogP contribution in [0.5, 0.6) is 0 Å². The molecule has 0 bridgehead atoms. The summed E-state index contributed by atoms with van der Waals surface area (Å²) in [5.41, 5.74) is -0.0399. The van der Waals surface area contributed by atoms with E-state index < -0.39 is 23.7 Å². The van der Waals surface area contributed by atoms with E-state index in [1.807, 2.05) is 0 Å². The van der Waals surface area contributed by atoms with Crippen LogP contribution in [-0.2, 0) is 4.79 Å². The first kappa shape index (κ1) is 17.0. The molecular weight excluding hydrogens is 327 g/mol. The van der Waals surface area contributed by atoms with Crippen LogP contribution in [0.25, 0.3) is 11.3 Å². The molecule has 122 valence electrons. The number of hydrogen-bond donors (Lipinski definition) is 2. The maximum atomic E-state index is 14.0. The van der Waals surface area contributed by atoms with Gasteiger partial charge in [0.05, 0.1) is 17.0 Å². The second kappa shape index (κ2) is 6.78. The third-order valence-electron chi connectivity index (χ3n) is 3.15. The minimum absolute atomic E-state index is 0.0224. The van der Waals surface area contributed by atoms with E-state index in [4.69, 9.17) is 21.2 Å². The Morgan fingerprint density at radius 2 is 2.17 bits per heavy atom. The summed E-state index contributed by atoms with van der Waals surface area (Å²) in [6, 6.07) is 3.49. The number of nitrogens with zero attached hydrogens (tertiary/aromatic N) is 1. The van der Waals surface area contributed by atoms with Gasteiger partial charge in [-0.2, -0.15) is 0 Å². The lowest BCUT2D eigenvalue weighted by Crippen LogP contribution is -2.34. The van der Waals surface area contributed by atoms with Crippen LogP contribution in [0.2, 0.25) is 5.02 Å². The van der Waals surface area contributed by atoms with E-state index in [0.717, 1.165) is 0 Å². The molecule has 1 atom stereocenters. The number of carbonyl (C=O) groups excluding carboxylic acids is 1. The molecule has 6 nitrogen and oxygen atoms in total. The summed E-state index contributed by atoms with van der Waals surface area (Å²) in [4.78, 5) is 23.0. The summed E-state index contributed by atoms with van der Waals surface area (Å²) in [7, 11) is 0. The first-order valence-electron chi connectivity index (χ1n) is 6.74. The minimum Gasteiger partial charge on any atom is -0.481 e. The number of halogens is 2. The zero-order chi connectivity index (χ0) is 17.1. The number of hydrogen-bond acceptors (Lipinski definition) is 4. The molecule has 2 aromatic rings. The molecule has 2 N–H and O–H groups in total. The molecule has 0 aliphatic carbocycles. The first-order chi connectivity index (χ1) is 10.8. The van der Waals surface area contributed by atoms with E-state index >= 15 is 0 Å². The molecule has 0 aliphatic heterocycles. The van der Waals surface area contributed by atoms with Crippen LogP contribution in [0, 0.1) is 12.7 Å². The van der Waals surface area contributed by atoms with Gasteiger partial charge in [0.15, 0.2) is 0 Å². The lowest BCUT2D eigenvalue weighted by Gasteiger charge is -2.12. The normalized spacial score (nSPS) is 12.0. The predicted molar refractivity (Wildman–Crippen MR) is 80.8 cm³/mol. The zero-order valence-electron chi connectivity index (χ0n) is 12.4. The van der Waals surface area contributed by atoms with Gasteiger partial charge in [0, 0.05) is 6.04 Å².